The lowest BCUT2D eigenvalue weighted by Crippen LogP contribution is -2.36. The Morgan fingerprint density at radius 3 is 2.75 bits per heavy atom. The minimum absolute atomic E-state index is 0.107. The van der Waals surface area contributed by atoms with Crippen LogP contribution >= 0.6 is 0 Å². The molecule has 0 radical (unpaired) electrons. The van der Waals surface area contributed by atoms with Crippen molar-refractivity contribution < 1.29 is 13.2 Å². The van der Waals surface area contributed by atoms with Gasteiger partial charge in [-0.3, -0.25) is 4.79 Å². The first-order valence-corrected chi connectivity index (χ1v) is 8.49. The second-order valence-corrected chi connectivity index (χ2v) is 7.58. The van der Waals surface area contributed by atoms with Crippen molar-refractivity contribution in [3.63, 3.8) is 0 Å². The molecule has 1 aliphatic heterocycles. The van der Waals surface area contributed by atoms with Gasteiger partial charge in [-0.2, -0.15) is 0 Å². The van der Waals surface area contributed by atoms with Crippen LogP contribution in [0, 0.1) is 13.8 Å². The van der Waals surface area contributed by atoms with Gasteiger partial charge in [-0.1, -0.05) is 12.1 Å². The fourth-order valence-electron chi connectivity index (χ4n) is 2.26. The van der Waals surface area contributed by atoms with Gasteiger partial charge in [0.15, 0.2) is 9.84 Å². The number of carbonyl (C=O) groups is 1. The molecule has 0 aliphatic carbocycles. The molecule has 2 rings (SSSR count). The normalized spacial score (nSPS) is 20.8. The van der Waals surface area contributed by atoms with Crippen molar-refractivity contribution in [3.8, 4) is 0 Å². The van der Waals surface area contributed by atoms with Crippen LogP contribution in [0.25, 0.3) is 0 Å². The highest BCUT2D eigenvalue weighted by molar-refractivity contribution is 7.91. The van der Waals surface area contributed by atoms with Crippen molar-refractivity contribution in [2.45, 2.75) is 26.3 Å². The smallest absolute Gasteiger partial charge is 0.238 e. The summed E-state index contributed by atoms with van der Waals surface area (Å²) in [5.74, 6) is 0.190. The van der Waals surface area contributed by atoms with Gasteiger partial charge in [0.1, 0.15) is 0 Å². The molecule has 1 unspecified atom stereocenters. The van der Waals surface area contributed by atoms with E-state index in [0.29, 0.717) is 6.42 Å². The van der Waals surface area contributed by atoms with E-state index in [9.17, 15) is 13.2 Å². The Bertz CT molecular complexity index is 611. The zero-order valence-corrected chi connectivity index (χ0v) is 12.6. The van der Waals surface area contributed by atoms with Gasteiger partial charge in [0.2, 0.25) is 5.91 Å². The third kappa shape index (κ3) is 4.05. The molecule has 1 amide bonds. The summed E-state index contributed by atoms with van der Waals surface area (Å²) in [7, 11) is -2.91. The first kappa shape index (κ1) is 15.0. The van der Waals surface area contributed by atoms with E-state index in [2.05, 4.69) is 10.6 Å². The topological polar surface area (TPSA) is 75.3 Å². The summed E-state index contributed by atoms with van der Waals surface area (Å²) in [6.07, 6.45) is 0.582. The van der Waals surface area contributed by atoms with Gasteiger partial charge < -0.3 is 10.6 Å². The van der Waals surface area contributed by atoms with E-state index in [4.69, 9.17) is 0 Å². The average molecular weight is 296 g/mol. The Hall–Kier alpha value is -1.40. The van der Waals surface area contributed by atoms with Gasteiger partial charge in [0.25, 0.3) is 0 Å². The van der Waals surface area contributed by atoms with Gasteiger partial charge >= 0.3 is 0 Å². The average Bonchev–Trinajstić information content (AvgIpc) is 2.71. The summed E-state index contributed by atoms with van der Waals surface area (Å²) in [5, 5.41) is 5.84. The molecule has 20 heavy (non-hydrogen) atoms. The van der Waals surface area contributed by atoms with Crippen LogP contribution in [0.3, 0.4) is 0 Å². The fraction of sp³-hybridized carbons (Fsp3) is 0.500. The molecular weight excluding hydrogens is 276 g/mol. The summed E-state index contributed by atoms with van der Waals surface area (Å²) in [4.78, 5) is 11.9. The maximum atomic E-state index is 11.9. The number of hydrogen-bond acceptors (Lipinski definition) is 4. The monoisotopic (exact) mass is 296 g/mol. The lowest BCUT2D eigenvalue weighted by Gasteiger charge is -2.12. The number of benzene rings is 1. The van der Waals surface area contributed by atoms with Crippen LogP contribution in [0.15, 0.2) is 18.2 Å². The van der Waals surface area contributed by atoms with Crippen molar-refractivity contribution in [3.05, 3.63) is 29.3 Å². The Balaban J connectivity index is 1.85. The minimum atomic E-state index is -2.91. The molecule has 1 fully saturated rings. The number of hydrogen-bond donors (Lipinski definition) is 2. The van der Waals surface area contributed by atoms with Crippen molar-refractivity contribution in [1.29, 1.82) is 0 Å². The number of carbonyl (C=O) groups excluding carboxylic acids is 1. The van der Waals surface area contributed by atoms with Gasteiger partial charge in [-0.25, -0.2) is 8.42 Å². The quantitative estimate of drug-likeness (QED) is 0.870. The van der Waals surface area contributed by atoms with Crippen LogP contribution in [0.5, 0.6) is 0 Å². The lowest BCUT2D eigenvalue weighted by molar-refractivity contribution is -0.115. The molecule has 0 bridgehead atoms. The Kier molecular flexibility index (Phi) is 4.45. The predicted molar refractivity (Wildman–Crippen MR) is 79.6 cm³/mol. The summed E-state index contributed by atoms with van der Waals surface area (Å²) >= 11 is 0. The molecule has 1 heterocycles. The van der Waals surface area contributed by atoms with Crippen molar-refractivity contribution >= 4 is 21.4 Å². The maximum Gasteiger partial charge on any atom is 0.238 e. The molecule has 1 aromatic carbocycles. The van der Waals surface area contributed by atoms with Gasteiger partial charge in [-0.15, -0.1) is 0 Å². The summed E-state index contributed by atoms with van der Waals surface area (Å²) in [6, 6.07) is 5.77. The zero-order chi connectivity index (χ0) is 14.8. The number of aryl methyl sites for hydroxylation is 2. The molecule has 1 aromatic rings. The Labute approximate surface area is 119 Å². The standard InChI is InChI=1S/C14H20N2O3S/c1-10-3-4-11(2)13(7-10)16-14(17)8-15-12-5-6-20(18,19)9-12/h3-4,7,12,15H,5-6,8-9H2,1-2H3,(H,16,17). The second-order valence-electron chi connectivity index (χ2n) is 5.35. The van der Waals surface area contributed by atoms with Crippen LogP contribution in [0.2, 0.25) is 0 Å². The van der Waals surface area contributed by atoms with Crippen LogP contribution in [-0.4, -0.2) is 38.4 Å². The number of anilines is 1. The van der Waals surface area contributed by atoms with E-state index in [-0.39, 0.29) is 30.0 Å². The predicted octanol–water partition coefficient (Wildman–Crippen LogP) is 1.02. The maximum absolute atomic E-state index is 11.9. The lowest BCUT2D eigenvalue weighted by atomic mass is 10.1. The molecule has 110 valence electrons. The molecular formula is C14H20N2O3S. The highest BCUT2D eigenvalue weighted by atomic mass is 32.2. The van der Waals surface area contributed by atoms with E-state index in [0.717, 1.165) is 16.8 Å². The summed E-state index contributed by atoms with van der Waals surface area (Å²) < 4.78 is 22.6. The molecule has 0 saturated carbocycles. The molecule has 5 nitrogen and oxygen atoms in total. The van der Waals surface area contributed by atoms with E-state index >= 15 is 0 Å². The molecule has 1 atom stereocenters. The van der Waals surface area contributed by atoms with Crippen LogP contribution in [0.1, 0.15) is 17.5 Å². The molecule has 6 heteroatoms. The largest absolute Gasteiger partial charge is 0.325 e. The number of amides is 1. The first-order valence-electron chi connectivity index (χ1n) is 6.67. The number of rotatable bonds is 4. The van der Waals surface area contributed by atoms with E-state index in [1.165, 1.54) is 0 Å². The van der Waals surface area contributed by atoms with Gasteiger partial charge in [0, 0.05) is 11.7 Å². The highest BCUT2D eigenvalue weighted by Gasteiger charge is 2.27. The summed E-state index contributed by atoms with van der Waals surface area (Å²) in [6.45, 7) is 4.04. The molecule has 0 spiro atoms. The SMILES string of the molecule is Cc1ccc(C)c(NC(=O)CNC2CCS(=O)(=O)C2)c1. The fourth-order valence-corrected chi connectivity index (χ4v) is 3.97. The third-order valence-corrected chi connectivity index (χ3v) is 5.22. The molecule has 1 saturated heterocycles. The number of nitrogens with one attached hydrogen (secondary N) is 2. The molecule has 2 N–H and O–H groups in total. The van der Waals surface area contributed by atoms with E-state index in [1.54, 1.807) is 0 Å². The van der Waals surface area contributed by atoms with Crippen molar-refractivity contribution in [2.24, 2.45) is 0 Å². The van der Waals surface area contributed by atoms with E-state index in [1.807, 2.05) is 32.0 Å². The molecule has 1 aliphatic rings. The highest BCUT2D eigenvalue weighted by Crippen LogP contribution is 2.16. The zero-order valence-electron chi connectivity index (χ0n) is 11.8. The van der Waals surface area contributed by atoms with Gasteiger partial charge in [0.05, 0.1) is 18.1 Å². The summed E-state index contributed by atoms with van der Waals surface area (Å²) in [5.41, 5.74) is 2.89. The minimum Gasteiger partial charge on any atom is -0.325 e. The first-order chi connectivity index (χ1) is 9.35. The van der Waals surface area contributed by atoms with Crippen LogP contribution in [-0.2, 0) is 14.6 Å². The Morgan fingerprint density at radius 1 is 1.35 bits per heavy atom. The molecule has 0 aromatic heterocycles. The van der Waals surface area contributed by atoms with Crippen LogP contribution < -0.4 is 10.6 Å². The second kappa shape index (κ2) is 5.93. The third-order valence-electron chi connectivity index (χ3n) is 3.45. The number of sulfone groups is 1. The van der Waals surface area contributed by atoms with E-state index < -0.39 is 9.84 Å². The van der Waals surface area contributed by atoms with Crippen molar-refractivity contribution in [1.82, 2.24) is 5.32 Å². The Morgan fingerprint density at radius 2 is 2.10 bits per heavy atom. The van der Waals surface area contributed by atoms with Crippen LogP contribution in [0.4, 0.5) is 5.69 Å². The van der Waals surface area contributed by atoms with Gasteiger partial charge in [-0.05, 0) is 37.5 Å². The van der Waals surface area contributed by atoms with Crippen molar-refractivity contribution in [2.75, 3.05) is 23.4 Å².